The minimum absolute atomic E-state index is 0.0290. The summed E-state index contributed by atoms with van der Waals surface area (Å²) in [5.41, 5.74) is 0.858. The van der Waals surface area contributed by atoms with E-state index in [0.717, 1.165) is 23.7 Å². The van der Waals surface area contributed by atoms with Crippen molar-refractivity contribution < 1.29 is 9.90 Å². The van der Waals surface area contributed by atoms with E-state index < -0.39 is 6.10 Å². The number of carbonyl (C=O) groups excluding carboxylic acids is 1. The fourth-order valence-electron chi connectivity index (χ4n) is 3.49. The van der Waals surface area contributed by atoms with Crippen molar-refractivity contribution in [2.45, 2.75) is 32.8 Å². The van der Waals surface area contributed by atoms with Gasteiger partial charge in [-0.1, -0.05) is 47.2 Å². The average Bonchev–Trinajstić information content (AvgIpc) is 2.33. The predicted octanol–water partition coefficient (Wildman–Crippen LogP) is 3.11. The molecular formula is C15H21BrO2. The zero-order chi connectivity index (χ0) is 13.5. The predicted molar refractivity (Wildman–Crippen MR) is 76.6 cm³/mol. The molecule has 5 atom stereocenters. The van der Waals surface area contributed by atoms with Crippen LogP contribution >= 0.6 is 15.9 Å². The number of hydrogen-bond acceptors (Lipinski definition) is 2. The highest BCUT2D eigenvalue weighted by Gasteiger charge is 2.52. The van der Waals surface area contributed by atoms with Gasteiger partial charge in [0.15, 0.2) is 5.78 Å². The van der Waals surface area contributed by atoms with Crippen molar-refractivity contribution in [2.24, 2.45) is 23.2 Å². The first-order valence-electron chi connectivity index (χ1n) is 6.51. The van der Waals surface area contributed by atoms with Crippen molar-refractivity contribution in [3.8, 4) is 0 Å². The molecule has 2 nitrogen and oxygen atoms in total. The number of allylic oxidation sites excluding steroid dienone is 2. The van der Waals surface area contributed by atoms with Gasteiger partial charge in [0, 0.05) is 17.2 Å². The molecule has 0 aromatic heterocycles. The maximum absolute atomic E-state index is 12.4. The summed E-state index contributed by atoms with van der Waals surface area (Å²) in [6.45, 7) is 8.04. The van der Waals surface area contributed by atoms with Crippen LogP contribution in [0.3, 0.4) is 0 Å². The Hall–Kier alpha value is -0.410. The molecule has 0 aromatic carbocycles. The van der Waals surface area contributed by atoms with E-state index >= 15 is 0 Å². The molecule has 1 saturated carbocycles. The molecule has 0 saturated heterocycles. The van der Waals surface area contributed by atoms with Gasteiger partial charge in [0.05, 0.1) is 0 Å². The van der Waals surface area contributed by atoms with Gasteiger partial charge in [-0.05, 0) is 31.1 Å². The molecule has 0 aliphatic heterocycles. The zero-order valence-corrected chi connectivity index (χ0v) is 12.6. The molecule has 0 spiro atoms. The normalized spacial score (nSPS) is 43.7. The number of Topliss-reactive ketones (excluding diaryl/α,β-unsaturated/α-hetero) is 1. The van der Waals surface area contributed by atoms with Crippen LogP contribution in [0, 0.1) is 23.2 Å². The van der Waals surface area contributed by atoms with Crippen LogP contribution in [0.1, 0.15) is 26.7 Å². The highest BCUT2D eigenvalue weighted by Crippen LogP contribution is 2.52. The molecule has 0 bridgehead atoms. The van der Waals surface area contributed by atoms with Crippen molar-refractivity contribution in [1.29, 1.82) is 0 Å². The second kappa shape index (κ2) is 4.93. The van der Waals surface area contributed by atoms with E-state index in [2.05, 4.69) is 35.5 Å². The topological polar surface area (TPSA) is 37.3 Å². The molecule has 2 aliphatic rings. The number of hydrogen-bond donors (Lipinski definition) is 1. The number of rotatable bonds is 2. The maximum Gasteiger partial charge on any atom is 0.169 e. The Morgan fingerprint density at radius 2 is 2.33 bits per heavy atom. The molecule has 0 radical (unpaired) electrons. The summed E-state index contributed by atoms with van der Waals surface area (Å²) in [5, 5.41) is 11.1. The van der Waals surface area contributed by atoms with Gasteiger partial charge < -0.3 is 5.11 Å². The number of aliphatic hydroxyl groups is 1. The van der Waals surface area contributed by atoms with Crippen molar-refractivity contribution in [1.82, 2.24) is 0 Å². The van der Waals surface area contributed by atoms with Gasteiger partial charge in [-0.25, -0.2) is 0 Å². The third-order valence-electron chi connectivity index (χ3n) is 4.85. The highest BCUT2D eigenvalue weighted by molar-refractivity contribution is 9.09. The van der Waals surface area contributed by atoms with E-state index in [0.29, 0.717) is 5.92 Å². The lowest BCUT2D eigenvalue weighted by atomic mass is 9.54. The van der Waals surface area contributed by atoms with E-state index in [4.69, 9.17) is 0 Å². The van der Waals surface area contributed by atoms with Crippen molar-refractivity contribution >= 4 is 21.7 Å². The second-order valence-electron chi connectivity index (χ2n) is 6.00. The molecule has 1 N–H and O–H groups in total. The zero-order valence-electron chi connectivity index (χ0n) is 11.0. The standard InChI is InChI=1S/C15H21BrO2/c1-9(2)11-7-15(3)10(8-16)5-4-6-12(15)14(18)13(11)17/h4,6,10-13,17H,1,5,7-8H2,2-3H3. The number of ketones is 1. The fraction of sp³-hybridized carbons (Fsp3) is 0.667. The van der Waals surface area contributed by atoms with Crippen molar-refractivity contribution in [3.05, 3.63) is 24.3 Å². The van der Waals surface area contributed by atoms with Crippen LogP contribution in [0.5, 0.6) is 0 Å². The van der Waals surface area contributed by atoms with Gasteiger partial charge in [0.2, 0.25) is 0 Å². The van der Waals surface area contributed by atoms with Gasteiger partial charge in [-0.2, -0.15) is 0 Å². The van der Waals surface area contributed by atoms with E-state index in [1.54, 1.807) is 0 Å². The van der Waals surface area contributed by atoms with Crippen LogP contribution < -0.4 is 0 Å². The highest BCUT2D eigenvalue weighted by atomic mass is 79.9. The van der Waals surface area contributed by atoms with Crippen LogP contribution in [0.2, 0.25) is 0 Å². The Kier molecular flexibility index (Phi) is 3.84. The molecule has 1 fully saturated rings. The largest absolute Gasteiger partial charge is 0.385 e. The summed E-state index contributed by atoms with van der Waals surface area (Å²) < 4.78 is 0. The summed E-state index contributed by atoms with van der Waals surface area (Å²) >= 11 is 3.57. The van der Waals surface area contributed by atoms with Gasteiger partial charge in [0.25, 0.3) is 0 Å². The Labute approximate surface area is 117 Å². The summed E-state index contributed by atoms with van der Waals surface area (Å²) in [5.74, 6) is 0.190. The van der Waals surface area contributed by atoms with Crippen molar-refractivity contribution in [2.75, 3.05) is 5.33 Å². The van der Waals surface area contributed by atoms with E-state index in [1.165, 1.54) is 0 Å². The summed E-state index contributed by atoms with van der Waals surface area (Å²) in [6.07, 6.45) is 5.06. The SMILES string of the molecule is C=C(C)C1CC2(C)C(CBr)CC=CC2C(=O)C1O. The minimum Gasteiger partial charge on any atom is -0.385 e. The smallest absolute Gasteiger partial charge is 0.169 e. The molecule has 18 heavy (non-hydrogen) atoms. The first kappa shape index (κ1) is 14.0. The monoisotopic (exact) mass is 312 g/mol. The lowest BCUT2D eigenvalue weighted by Crippen LogP contribution is -2.53. The minimum atomic E-state index is -0.876. The third kappa shape index (κ3) is 2.01. The average molecular weight is 313 g/mol. The molecular weight excluding hydrogens is 292 g/mol. The number of halogens is 1. The number of fused-ring (bicyclic) bond motifs is 1. The van der Waals surface area contributed by atoms with Gasteiger partial charge >= 0.3 is 0 Å². The molecule has 0 amide bonds. The Bertz CT molecular complexity index is 401. The van der Waals surface area contributed by atoms with Crippen LogP contribution in [0.4, 0.5) is 0 Å². The first-order valence-corrected chi connectivity index (χ1v) is 7.63. The van der Waals surface area contributed by atoms with Gasteiger partial charge in [0.1, 0.15) is 6.10 Å². The second-order valence-corrected chi connectivity index (χ2v) is 6.65. The fourth-order valence-corrected chi connectivity index (χ4v) is 4.49. The van der Waals surface area contributed by atoms with E-state index in [-0.39, 0.29) is 23.0 Å². The van der Waals surface area contributed by atoms with E-state index in [9.17, 15) is 9.90 Å². The Morgan fingerprint density at radius 3 is 2.89 bits per heavy atom. The Morgan fingerprint density at radius 1 is 1.67 bits per heavy atom. The summed E-state index contributed by atoms with van der Waals surface area (Å²) in [7, 11) is 0. The third-order valence-corrected chi connectivity index (χ3v) is 5.63. The molecule has 5 unspecified atom stereocenters. The van der Waals surface area contributed by atoms with Gasteiger partial charge in [-0.3, -0.25) is 4.79 Å². The van der Waals surface area contributed by atoms with Crippen LogP contribution in [-0.2, 0) is 4.79 Å². The van der Waals surface area contributed by atoms with Crippen LogP contribution in [0.25, 0.3) is 0 Å². The molecule has 100 valence electrons. The molecule has 3 heteroatoms. The van der Waals surface area contributed by atoms with E-state index in [1.807, 2.05) is 13.0 Å². The number of carbonyl (C=O) groups is 1. The van der Waals surface area contributed by atoms with Gasteiger partial charge in [-0.15, -0.1) is 0 Å². The maximum atomic E-state index is 12.4. The first-order chi connectivity index (χ1) is 8.41. The summed E-state index contributed by atoms with van der Waals surface area (Å²) in [4.78, 5) is 12.4. The molecule has 2 rings (SSSR count). The lowest BCUT2D eigenvalue weighted by molar-refractivity contribution is -0.144. The van der Waals surface area contributed by atoms with Crippen LogP contribution in [-0.4, -0.2) is 22.3 Å². The lowest BCUT2D eigenvalue weighted by Gasteiger charge is -2.50. The van der Waals surface area contributed by atoms with Crippen LogP contribution in [0.15, 0.2) is 24.3 Å². The molecule has 0 aromatic rings. The molecule has 2 aliphatic carbocycles. The molecule has 0 heterocycles. The number of aliphatic hydroxyl groups excluding tert-OH is 1. The number of alkyl halides is 1. The van der Waals surface area contributed by atoms with Crippen molar-refractivity contribution in [3.63, 3.8) is 0 Å². The summed E-state index contributed by atoms with van der Waals surface area (Å²) in [6, 6.07) is 0. The quantitative estimate of drug-likeness (QED) is 0.628. The Balaban J connectivity index is 2.40.